The normalized spacial score (nSPS) is 21.8. The number of benzene rings is 5. The zero-order chi connectivity index (χ0) is 47.1. The van der Waals surface area contributed by atoms with Gasteiger partial charge in [0.05, 0.1) is 12.1 Å². The number of hydrogen-bond donors (Lipinski definition) is 0. The van der Waals surface area contributed by atoms with Crippen molar-refractivity contribution in [1.29, 1.82) is 0 Å². The topological polar surface area (TPSA) is 84.5 Å². The van der Waals surface area contributed by atoms with Crippen molar-refractivity contribution in [2.45, 2.75) is 101 Å². The van der Waals surface area contributed by atoms with E-state index in [1.54, 1.807) is 21.9 Å². The zero-order valence-corrected chi connectivity index (χ0v) is 38.5. The van der Waals surface area contributed by atoms with Gasteiger partial charge >= 0.3 is 0 Å². The first-order valence-corrected chi connectivity index (χ1v) is 24.3. The Bertz CT molecular complexity index is 2360. The van der Waals surface area contributed by atoms with Crippen molar-refractivity contribution in [3.05, 3.63) is 173 Å². The van der Waals surface area contributed by atoms with Gasteiger partial charge in [0.1, 0.15) is 30.2 Å². The summed E-state index contributed by atoms with van der Waals surface area (Å²) in [6, 6.07) is 38.8. The van der Waals surface area contributed by atoms with Crippen molar-refractivity contribution < 1.29 is 32.3 Å². The second-order valence-electron chi connectivity index (χ2n) is 19.0. The van der Waals surface area contributed by atoms with Crippen LogP contribution in [0.5, 0.6) is 0 Å². The van der Waals surface area contributed by atoms with Crippen LogP contribution in [-0.2, 0) is 45.1 Å². The van der Waals surface area contributed by atoms with Crippen LogP contribution in [0.4, 0.5) is 18.9 Å². The number of likely N-dealkylation sites (tertiary alicyclic amines) is 4. The van der Waals surface area contributed by atoms with Gasteiger partial charge in [-0.1, -0.05) is 109 Å². The molecule has 6 atom stereocenters. The number of anilines is 1. The molecule has 0 spiro atoms. The number of carbonyl (C=O) groups excluding carboxylic acids is 4. The number of rotatable bonds is 17. The van der Waals surface area contributed by atoms with Gasteiger partial charge in [-0.15, -0.1) is 0 Å². The number of amides is 2. The van der Waals surface area contributed by atoms with Crippen molar-refractivity contribution in [2.75, 3.05) is 44.2 Å². The third kappa shape index (κ3) is 10.9. The third-order valence-electron chi connectivity index (χ3n) is 14.3. The summed E-state index contributed by atoms with van der Waals surface area (Å²) in [6.07, 6.45) is 1.84. The molecule has 5 aromatic rings. The largest absolute Gasteiger partial charge is 0.363 e. The van der Waals surface area contributed by atoms with Crippen molar-refractivity contribution in [3.8, 4) is 0 Å². The second kappa shape index (κ2) is 21.5. The Kier molecular flexibility index (Phi) is 14.8. The molecule has 354 valence electrons. The molecule has 68 heavy (non-hydrogen) atoms. The van der Waals surface area contributed by atoms with Gasteiger partial charge in [-0.05, 0) is 96.2 Å². The lowest BCUT2D eigenvalue weighted by Crippen LogP contribution is -2.47. The number of hydrogen-bond acceptors (Lipinski definition) is 7. The van der Waals surface area contributed by atoms with Crippen molar-refractivity contribution >= 4 is 29.1 Å². The van der Waals surface area contributed by atoms with Crippen LogP contribution in [0, 0.1) is 5.82 Å². The molecule has 0 aromatic heterocycles. The zero-order valence-electron chi connectivity index (χ0n) is 38.5. The molecule has 0 radical (unpaired) electrons. The summed E-state index contributed by atoms with van der Waals surface area (Å²) in [4.78, 5) is 65.6. The Hall–Kier alpha value is -6.11. The molecule has 4 aliphatic heterocycles. The first-order valence-electron chi connectivity index (χ1n) is 24.3. The monoisotopic (exact) mass is 923 g/mol. The number of alkyl halides is 2. The molecule has 2 unspecified atom stereocenters. The van der Waals surface area contributed by atoms with E-state index in [1.165, 1.54) is 12.1 Å². The van der Waals surface area contributed by atoms with E-state index < -0.39 is 36.5 Å². The average Bonchev–Trinajstić information content (AvgIpc) is 4.20. The van der Waals surface area contributed by atoms with Crippen LogP contribution in [-0.4, -0.2) is 107 Å². The maximum atomic E-state index is 14.4. The fourth-order valence-electron chi connectivity index (χ4n) is 10.8. The number of nitrogens with zero attached hydrogens (tertiary/aromatic N) is 5. The first-order chi connectivity index (χ1) is 33.1. The van der Waals surface area contributed by atoms with Gasteiger partial charge < -0.3 is 14.7 Å². The lowest BCUT2D eigenvalue weighted by molar-refractivity contribution is -0.142. The molecule has 0 aliphatic carbocycles. The van der Waals surface area contributed by atoms with Gasteiger partial charge in [-0.2, -0.15) is 0 Å². The molecular weight excluding hydrogens is 864 g/mol. The Balaban J connectivity index is 0.832. The summed E-state index contributed by atoms with van der Waals surface area (Å²) >= 11 is 0. The summed E-state index contributed by atoms with van der Waals surface area (Å²) in [6.45, 7) is 3.36. The molecule has 5 aromatic carbocycles. The van der Waals surface area contributed by atoms with Crippen LogP contribution in [0.1, 0.15) is 84.0 Å². The predicted molar refractivity (Wildman–Crippen MR) is 257 cm³/mol. The smallest absolute Gasteiger partial charge is 0.245 e. The molecule has 4 fully saturated rings. The Morgan fingerprint density at radius 1 is 0.500 bits per heavy atom. The SMILES string of the molecule is O=C(Cc1ccc(CN(Cc2ccc(CC(=O)[C@@H]3CCCN3C(=O)C(c3ccccc3)N3CC[C@H](F)C3)cc2)c2ccc(F)cc2)cc1)[C@@H]1CCCN1C(=O)C(c1ccccc1)N1CC[C@H](F)C1. The van der Waals surface area contributed by atoms with E-state index in [0.717, 1.165) is 51.9 Å². The summed E-state index contributed by atoms with van der Waals surface area (Å²) in [5.74, 6) is -0.649. The first kappa shape index (κ1) is 47.0. The number of Topliss-reactive ketones (excluding diaryl/α,β-unsaturated/α-hetero) is 2. The van der Waals surface area contributed by atoms with E-state index in [4.69, 9.17) is 0 Å². The lowest BCUT2D eigenvalue weighted by Gasteiger charge is -2.33. The maximum absolute atomic E-state index is 14.4. The van der Waals surface area contributed by atoms with E-state index >= 15 is 0 Å². The molecule has 9 nitrogen and oxygen atoms in total. The average molecular weight is 924 g/mol. The van der Waals surface area contributed by atoms with Crippen molar-refractivity contribution in [2.24, 2.45) is 0 Å². The number of carbonyl (C=O) groups is 4. The van der Waals surface area contributed by atoms with E-state index in [-0.39, 0.29) is 55.1 Å². The second-order valence-corrected chi connectivity index (χ2v) is 19.0. The molecule has 0 bridgehead atoms. The fourth-order valence-corrected chi connectivity index (χ4v) is 10.8. The summed E-state index contributed by atoms with van der Waals surface area (Å²) in [5, 5.41) is 0. The number of ketones is 2. The fraction of sp³-hybridized carbons (Fsp3) is 0.393. The Morgan fingerprint density at radius 3 is 1.28 bits per heavy atom. The standard InChI is InChI=1S/C56H60F3N5O4/c57-45-23-25-48(26-24-45)62(35-41-19-15-39(16-20-41)33-51(65)49-13-7-29-63(49)55(67)53(43-9-3-1-4-10-43)60-31-27-46(58)37-60)36-42-21-17-40(18-22-42)34-52(66)50-14-8-30-64(50)56(68)54(44-11-5-2-6-12-44)61-32-28-47(59)38-61/h1-6,9-12,15-26,46-47,49-50,53-54H,7-8,13-14,27-38H2/t46-,47-,49-,50-,53?,54?/m0/s1. The van der Waals surface area contributed by atoms with Crippen LogP contribution < -0.4 is 4.90 Å². The lowest BCUT2D eigenvalue weighted by atomic mass is 9.99. The van der Waals surface area contributed by atoms with Gasteiger partial charge in [0, 0.05) is 70.9 Å². The highest BCUT2D eigenvalue weighted by Crippen LogP contribution is 2.34. The van der Waals surface area contributed by atoms with Gasteiger partial charge in [-0.25, -0.2) is 13.2 Å². The highest BCUT2D eigenvalue weighted by Gasteiger charge is 2.43. The molecule has 2 amide bonds. The van der Waals surface area contributed by atoms with Gasteiger partial charge in [0.25, 0.3) is 0 Å². The summed E-state index contributed by atoms with van der Waals surface area (Å²) in [5.41, 5.74) is 6.13. The van der Waals surface area contributed by atoms with Gasteiger partial charge in [0.2, 0.25) is 11.8 Å². The van der Waals surface area contributed by atoms with Crippen LogP contribution in [0.2, 0.25) is 0 Å². The van der Waals surface area contributed by atoms with Crippen LogP contribution in [0.3, 0.4) is 0 Å². The Labute approximate surface area is 397 Å². The molecule has 9 rings (SSSR count). The third-order valence-corrected chi connectivity index (χ3v) is 14.3. The van der Waals surface area contributed by atoms with Gasteiger partial charge in [-0.3, -0.25) is 29.0 Å². The molecule has 4 heterocycles. The Morgan fingerprint density at radius 2 is 0.897 bits per heavy atom. The highest BCUT2D eigenvalue weighted by molar-refractivity contribution is 5.94. The van der Waals surface area contributed by atoms with Gasteiger partial charge in [0.15, 0.2) is 11.6 Å². The minimum atomic E-state index is -0.976. The maximum Gasteiger partial charge on any atom is 0.245 e. The molecular formula is C56H60F3N5O4. The molecule has 4 saturated heterocycles. The minimum absolute atomic E-state index is 0.0148. The molecule has 0 saturated carbocycles. The van der Waals surface area contributed by atoms with E-state index in [0.29, 0.717) is 65.0 Å². The van der Waals surface area contributed by atoms with E-state index in [9.17, 15) is 32.3 Å². The van der Waals surface area contributed by atoms with Crippen LogP contribution >= 0.6 is 0 Å². The number of halogens is 3. The van der Waals surface area contributed by atoms with Crippen molar-refractivity contribution in [1.82, 2.24) is 19.6 Å². The molecule has 4 aliphatic rings. The highest BCUT2D eigenvalue weighted by atomic mass is 19.1. The predicted octanol–water partition coefficient (Wildman–Crippen LogP) is 8.81. The minimum Gasteiger partial charge on any atom is -0.363 e. The quantitative estimate of drug-likeness (QED) is 0.0923. The molecule has 12 heteroatoms. The van der Waals surface area contributed by atoms with Crippen molar-refractivity contribution in [3.63, 3.8) is 0 Å². The summed E-state index contributed by atoms with van der Waals surface area (Å²) in [7, 11) is 0. The van der Waals surface area contributed by atoms with E-state index in [1.807, 2.05) is 119 Å². The summed E-state index contributed by atoms with van der Waals surface area (Å²) < 4.78 is 42.9. The molecule has 0 N–H and O–H groups in total. The van der Waals surface area contributed by atoms with E-state index in [2.05, 4.69) is 4.90 Å². The van der Waals surface area contributed by atoms with Crippen LogP contribution in [0.25, 0.3) is 0 Å². The van der Waals surface area contributed by atoms with Crippen LogP contribution in [0.15, 0.2) is 133 Å².